The van der Waals surface area contributed by atoms with Crippen molar-refractivity contribution in [2.45, 2.75) is 25.7 Å². The van der Waals surface area contributed by atoms with E-state index in [4.69, 9.17) is 5.73 Å². The minimum Gasteiger partial charge on any atom is -0.402 e. The number of rotatable bonds is 5. The molecular formula is C15H20N4. The van der Waals surface area contributed by atoms with Crippen LogP contribution in [0, 0.1) is 11.8 Å². The van der Waals surface area contributed by atoms with E-state index in [0.29, 0.717) is 11.8 Å². The van der Waals surface area contributed by atoms with Gasteiger partial charge in [0.05, 0.1) is 11.9 Å². The Labute approximate surface area is 113 Å². The summed E-state index contributed by atoms with van der Waals surface area (Å²) in [4.78, 5) is 9.01. The van der Waals surface area contributed by atoms with Gasteiger partial charge in [-0.25, -0.2) is 9.98 Å². The highest BCUT2D eigenvalue weighted by Crippen LogP contribution is 2.37. The third-order valence-electron chi connectivity index (χ3n) is 3.64. The number of anilines is 1. The van der Waals surface area contributed by atoms with Crippen LogP contribution < -0.4 is 11.1 Å². The molecule has 0 aromatic carbocycles. The molecule has 4 nitrogen and oxygen atoms in total. The summed E-state index contributed by atoms with van der Waals surface area (Å²) in [7, 11) is 1.88. The summed E-state index contributed by atoms with van der Waals surface area (Å²) >= 11 is 0. The van der Waals surface area contributed by atoms with Gasteiger partial charge >= 0.3 is 0 Å². The van der Waals surface area contributed by atoms with Crippen LogP contribution in [0.15, 0.2) is 35.1 Å². The fourth-order valence-electron chi connectivity index (χ4n) is 2.06. The maximum atomic E-state index is 6.09. The van der Waals surface area contributed by atoms with Gasteiger partial charge in [0.25, 0.3) is 0 Å². The second-order valence-electron chi connectivity index (χ2n) is 5.38. The first-order chi connectivity index (χ1) is 9.26. The maximum absolute atomic E-state index is 6.09. The quantitative estimate of drug-likeness (QED) is 0.796. The van der Waals surface area contributed by atoms with Gasteiger partial charge in [-0.05, 0) is 49.8 Å². The molecule has 0 spiro atoms. The van der Waals surface area contributed by atoms with Crippen molar-refractivity contribution in [1.82, 2.24) is 4.98 Å². The molecule has 1 heterocycles. The van der Waals surface area contributed by atoms with Gasteiger partial charge in [-0.2, -0.15) is 0 Å². The van der Waals surface area contributed by atoms with E-state index >= 15 is 0 Å². The SMILES string of the molecule is CNc1ccc(N=C(C=C(N)C2CC2)C2CC2)nc1. The van der Waals surface area contributed by atoms with Crippen LogP contribution in [0.25, 0.3) is 0 Å². The fraction of sp³-hybridized carbons (Fsp3) is 0.467. The number of aromatic nitrogens is 1. The standard InChI is InChI=1S/C15H20N4/c1-17-12-6-7-15(18-9-12)19-14(11-4-5-11)8-13(16)10-2-3-10/h6-11,17H,2-5,16H2,1H3. The Morgan fingerprint density at radius 3 is 2.58 bits per heavy atom. The molecule has 1 aromatic heterocycles. The Bertz CT molecular complexity index is 507. The number of nitrogens with two attached hydrogens (primary N) is 1. The molecule has 4 heteroatoms. The van der Waals surface area contributed by atoms with Crippen LogP contribution in [0.3, 0.4) is 0 Å². The fourth-order valence-corrected chi connectivity index (χ4v) is 2.06. The van der Waals surface area contributed by atoms with E-state index in [9.17, 15) is 0 Å². The van der Waals surface area contributed by atoms with E-state index in [1.807, 2.05) is 19.2 Å². The average molecular weight is 256 g/mol. The Balaban J connectivity index is 1.81. The van der Waals surface area contributed by atoms with Gasteiger partial charge in [-0.15, -0.1) is 0 Å². The third kappa shape index (κ3) is 3.13. The van der Waals surface area contributed by atoms with Crippen LogP contribution >= 0.6 is 0 Å². The highest BCUT2D eigenvalue weighted by atomic mass is 14.9. The first-order valence-corrected chi connectivity index (χ1v) is 6.95. The van der Waals surface area contributed by atoms with Crippen LogP contribution in [0.4, 0.5) is 11.5 Å². The first kappa shape index (κ1) is 12.2. The molecule has 0 saturated heterocycles. The molecule has 3 N–H and O–H groups in total. The largest absolute Gasteiger partial charge is 0.402 e. The smallest absolute Gasteiger partial charge is 0.152 e. The van der Waals surface area contributed by atoms with Gasteiger partial charge < -0.3 is 11.1 Å². The molecule has 2 saturated carbocycles. The maximum Gasteiger partial charge on any atom is 0.152 e. The Morgan fingerprint density at radius 1 is 1.32 bits per heavy atom. The lowest BCUT2D eigenvalue weighted by Gasteiger charge is -2.03. The first-order valence-electron chi connectivity index (χ1n) is 6.95. The van der Waals surface area contributed by atoms with E-state index in [-0.39, 0.29) is 0 Å². The van der Waals surface area contributed by atoms with E-state index in [2.05, 4.69) is 21.4 Å². The normalized spacial score (nSPS) is 20.5. The minimum atomic E-state index is 0.586. The highest BCUT2D eigenvalue weighted by molar-refractivity contribution is 6.00. The van der Waals surface area contributed by atoms with Gasteiger partial charge in [0, 0.05) is 24.4 Å². The molecule has 0 atom stereocenters. The van der Waals surface area contributed by atoms with Crippen molar-refractivity contribution in [2.75, 3.05) is 12.4 Å². The minimum absolute atomic E-state index is 0.586. The molecule has 2 aliphatic rings. The highest BCUT2D eigenvalue weighted by Gasteiger charge is 2.29. The van der Waals surface area contributed by atoms with Gasteiger partial charge in [-0.3, -0.25) is 0 Å². The van der Waals surface area contributed by atoms with E-state index in [1.165, 1.54) is 25.7 Å². The van der Waals surface area contributed by atoms with Crippen LogP contribution in [-0.4, -0.2) is 17.7 Å². The summed E-state index contributed by atoms with van der Waals surface area (Å²) in [6.07, 6.45) is 8.80. The lowest BCUT2D eigenvalue weighted by atomic mass is 10.1. The van der Waals surface area contributed by atoms with Crippen LogP contribution in [0.5, 0.6) is 0 Å². The van der Waals surface area contributed by atoms with Crippen molar-refractivity contribution in [2.24, 2.45) is 22.6 Å². The Kier molecular flexibility index (Phi) is 3.23. The second kappa shape index (κ2) is 5.03. The van der Waals surface area contributed by atoms with Crippen molar-refractivity contribution in [3.8, 4) is 0 Å². The third-order valence-corrected chi connectivity index (χ3v) is 3.64. The van der Waals surface area contributed by atoms with Gasteiger partial charge in [-0.1, -0.05) is 0 Å². The Hall–Kier alpha value is -1.84. The van der Waals surface area contributed by atoms with Crippen molar-refractivity contribution < 1.29 is 0 Å². The van der Waals surface area contributed by atoms with Crippen molar-refractivity contribution in [3.63, 3.8) is 0 Å². The molecule has 100 valence electrons. The molecule has 0 bridgehead atoms. The summed E-state index contributed by atoms with van der Waals surface area (Å²) in [5.74, 6) is 1.95. The number of nitrogens with zero attached hydrogens (tertiary/aromatic N) is 2. The van der Waals surface area contributed by atoms with Crippen LogP contribution in [-0.2, 0) is 0 Å². The number of aliphatic imine (C=N–C) groups is 1. The number of nitrogens with one attached hydrogen (secondary N) is 1. The average Bonchev–Trinajstić information content (AvgIpc) is 3.31. The summed E-state index contributed by atoms with van der Waals surface area (Å²) < 4.78 is 0. The summed E-state index contributed by atoms with van der Waals surface area (Å²) in [6, 6.07) is 3.93. The number of pyridine rings is 1. The monoisotopic (exact) mass is 256 g/mol. The molecule has 0 radical (unpaired) electrons. The lowest BCUT2D eigenvalue weighted by molar-refractivity contribution is 0.979. The van der Waals surface area contributed by atoms with E-state index in [1.54, 1.807) is 6.20 Å². The molecule has 19 heavy (non-hydrogen) atoms. The summed E-state index contributed by atoms with van der Waals surface area (Å²) in [6.45, 7) is 0. The molecule has 2 aliphatic carbocycles. The van der Waals surface area contributed by atoms with Crippen molar-refractivity contribution >= 4 is 17.2 Å². The lowest BCUT2D eigenvalue weighted by Crippen LogP contribution is -2.06. The molecule has 0 aliphatic heterocycles. The topological polar surface area (TPSA) is 63.3 Å². The zero-order chi connectivity index (χ0) is 13.2. The van der Waals surface area contributed by atoms with E-state index in [0.717, 1.165) is 22.9 Å². The molecule has 3 rings (SSSR count). The summed E-state index contributed by atoms with van der Waals surface area (Å²) in [5, 5.41) is 3.06. The van der Waals surface area contributed by atoms with Crippen molar-refractivity contribution in [1.29, 1.82) is 0 Å². The number of hydrogen-bond donors (Lipinski definition) is 2. The molecular weight excluding hydrogens is 236 g/mol. The predicted octanol–water partition coefficient (Wildman–Crippen LogP) is 2.86. The van der Waals surface area contributed by atoms with Gasteiger partial charge in [0.2, 0.25) is 0 Å². The summed E-state index contributed by atoms with van der Waals surface area (Å²) in [5.41, 5.74) is 9.20. The van der Waals surface area contributed by atoms with Crippen LogP contribution in [0.2, 0.25) is 0 Å². The van der Waals surface area contributed by atoms with Gasteiger partial charge in [0.1, 0.15) is 0 Å². The number of hydrogen-bond acceptors (Lipinski definition) is 4. The molecule has 2 fully saturated rings. The predicted molar refractivity (Wildman–Crippen MR) is 78.6 cm³/mol. The molecule has 0 unspecified atom stereocenters. The zero-order valence-corrected chi connectivity index (χ0v) is 11.3. The Morgan fingerprint density at radius 2 is 2.05 bits per heavy atom. The molecule has 0 amide bonds. The number of allylic oxidation sites excluding steroid dienone is 2. The van der Waals surface area contributed by atoms with Gasteiger partial charge in [0.15, 0.2) is 5.82 Å². The van der Waals surface area contributed by atoms with Crippen molar-refractivity contribution in [3.05, 3.63) is 30.1 Å². The van der Waals surface area contributed by atoms with Crippen LogP contribution in [0.1, 0.15) is 25.7 Å². The zero-order valence-electron chi connectivity index (χ0n) is 11.3. The molecule has 1 aromatic rings. The van der Waals surface area contributed by atoms with E-state index < -0.39 is 0 Å². The second-order valence-corrected chi connectivity index (χ2v) is 5.38.